The van der Waals surface area contributed by atoms with Crippen molar-refractivity contribution in [3.05, 3.63) is 45.6 Å². The van der Waals surface area contributed by atoms with Crippen molar-refractivity contribution < 1.29 is 9.32 Å². The quantitative estimate of drug-likeness (QED) is 0.773. The molecule has 8 heteroatoms. The van der Waals surface area contributed by atoms with Gasteiger partial charge in [-0.15, -0.1) is 0 Å². The number of rotatable bonds is 7. The fraction of sp³-hybridized carbons (Fsp3) is 0.412. The zero-order valence-corrected chi connectivity index (χ0v) is 16.1. The van der Waals surface area contributed by atoms with E-state index in [1.165, 1.54) is 0 Å². The Hall–Kier alpha value is -1.76. The number of hydrogen-bond acceptors (Lipinski definition) is 4. The topological polar surface area (TPSA) is 61.6 Å². The summed E-state index contributed by atoms with van der Waals surface area (Å²) in [7, 11) is 4.00. The summed E-state index contributed by atoms with van der Waals surface area (Å²) in [4.78, 5) is 16.4. The molecule has 2 rings (SSSR count). The molecular formula is C17H22Cl2N4O2. The Bertz CT molecular complexity index is 718. The molecule has 1 aromatic carbocycles. The second-order valence-electron chi connectivity index (χ2n) is 6.08. The van der Waals surface area contributed by atoms with Gasteiger partial charge in [0.25, 0.3) is 0 Å². The molecule has 0 aliphatic heterocycles. The molecule has 0 fully saturated rings. The molecule has 136 valence electrons. The number of hydrogen-bond donors (Lipinski definition) is 1. The highest BCUT2D eigenvalue weighted by Gasteiger charge is 2.16. The lowest BCUT2D eigenvalue weighted by atomic mass is 10.2. The van der Waals surface area contributed by atoms with E-state index in [4.69, 9.17) is 27.7 Å². The molecule has 25 heavy (non-hydrogen) atoms. The van der Waals surface area contributed by atoms with Gasteiger partial charge in [-0.25, -0.2) is 4.79 Å². The third-order valence-electron chi connectivity index (χ3n) is 3.54. The van der Waals surface area contributed by atoms with Crippen molar-refractivity contribution in [2.24, 2.45) is 0 Å². The smallest absolute Gasteiger partial charge is 0.323 e. The van der Waals surface area contributed by atoms with Gasteiger partial charge in [-0.2, -0.15) is 0 Å². The first-order valence-corrected chi connectivity index (χ1v) is 8.68. The molecule has 0 aliphatic rings. The number of aryl methyl sites for hydroxylation is 1. The number of carbonyl (C=O) groups excluding carboxylic acids is 1. The van der Waals surface area contributed by atoms with Crippen LogP contribution < -0.4 is 5.32 Å². The monoisotopic (exact) mass is 384 g/mol. The summed E-state index contributed by atoms with van der Waals surface area (Å²) in [5, 5.41) is 7.52. The molecule has 0 saturated heterocycles. The average molecular weight is 385 g/mol. The molecule has 0 spiro atoms. The largest absolute Gasteiger partial charge is 0.360 e. The van der Waals surface area contributed by atoms with Crippen molar-refractivity contribution in [1.29, 1.82) is 0 Å². The fourth-order valence-corrected chi connectivity index (χ4v) is 2.62. The van der Waals surface area contributed by atoms with E-state index in [0.29, 0.717) is 34.7 Å². The maximum atomic E-state index is 12.6. The van der Waals surface area contributed by atoms with Crippen molar-refractivity contribution in [2.45, 2.75) is 19.9 Å². The van der Waals surface area contributed by atoms with Crippen LogP contribution in [-0.2, 0) is 6.54 Å². The van der Waals surface area contributed by atoms with Crippen LogP contribution in [-0.4, -0.2) is 48.2 Å². The third kappa shape index (κ3) is 6.23. The van der Waals surface area contributed by atoms with Crippen LogP contribution >= 0.6 is 23.2 Å². The van der Waals surface area contributed by atoms with Crippen molar-refractivity contribution >= 4 is 35.1 Å². The molecule has 0 aliphatic carbocycles. The number of nitrogens with zero attached hydrogens (tertiary/aromatic N) is 3. The lowest BCUT2D eigenvalue weighted by Gasteiger charge is -2.23. The van der Waals surface area contributed by atoms with Gasteiger partial charge in [0.15, 0.2) is 5.82 Å². The van der Waals surface area contributed by atoms with E-state index in [2.05, 4.69) is 15.4 Å². The zero-order chi connectivity index (χ0) is 18.4. The fourth-order valence-electron chi connectivity index (χ4n) is 2.30. The molecule has 0 bridgehead atoms. The summed E-state index contributed by atoms with van der Waals surface area (Å²) in [6, 6.07) is 6.81. The van der Waals surface area contributed by atoms with Crippen LogP contribution in [0.5, 0.6) is 0 Å². The maximum Gasteiger partial charge on any atom is 0.323 e. The first kappa shape index (κ1) is 19.6. The molecule has 0 unspecified atom stereocenters. The summed E-state index contributed by atoms with van der Waals surface area (Å²) in [6.45, 7) is 3.68. The van der Waals surface area contributed by atoms with Gasteiger partial charge in [0.05, 0.1) is 10.0 Å². The SMILES string of the molecule is Cc1cc(NC(=O)N(CCCN(C)C)Cc2ccc(Cl)c(Cl)c2)no1. The van der Waals surface area contributed by atoms with Crippen LogP contribution in [0.2, 0.25) is 10.0 Å². The van der Waals surface area contributed by atoms with Crippen molar-refractivity contribution in [3.8, 4) is 0 Å². The molecule has 1 aromatic heterocycles. The van der Waals surface area contributed by atoms with Crippen LogP contribution in [0.1, 0.15) is 17.7 Å². The molecule has 0 saturated carbocycles. The van der Waals surface area contributed by atoms with Gasteiger partial charge in [-0.3, -0.25) is 5.32 Å². The third-order valence-corrected chi connectivity index (χ3v) is 4.28. The number of halogens is 2. The Morgan fingerprint density at radius 2 is 1.96 bits per heavy atom. The minimum Gasteiger partial charge on any atom is -0.360 e. The highest BCUT2D eigenvalue weighted by molar-refractivity contribution is 6.42. The Kier molecular flexibility index (Phi) is 7.11. The lowest BCUT2D eigenvalue weighted by Crippen LogP contribution is -2.36. The van der Waals surface area contributed by atoms with Gasteiger partial charge in [-0.05, 0) is 51.7 Å². The van der Waals surface area contributed by atoms with Crippen molar-refractivity contribution in [2.75, 3.05) is 32.5 Å². The Morgan fingerprint density at radius 1 is 1.20 bits per heavy atom. The van der Waals surface area contributed by atoms with E-state index in [1.807, 2.05) is 20.2 Å². The lowest BCUT2D eigenvalue weighted by molar-refractivity contribution is 0.205. The molecule has 6 nitrogen and oxygen atoms in total. The van der Waals surface area contributed by atoms with Gasteiger partial charge < -0.3 is 14.3 Å². The predicted octanol–water partition coefficient (Wildman–Crippen LogP) is 4.28. The highest BCUT2D eigenvalue weighted by atomic mass is 35.5. The number of benzene rings is 1. The number of aromatic nitrogens is 1. The molecule has 1 N–H and O–H groups in total. The maximum absolute atomic E-state index is 12.6. The minimum atomic E-state index is -0.238. The van der Waals surface area contributed by atoms with E-state index >= 15 is 0 Å². The average Bonchev–Trinajstić information content (AvgIpc) is 2.94. The number of urea groups is 1. The number of amides is 2. The first-order chi connectivity index (χ1) is 11.8. The number of anilines is 1. The van der Waals surface area contributed by atoms with Gasteiger partial charge in [0.2, 0.25) is 0 Å². The van der Waals surface area contributed by atoms with Gasteiger partial charge in [0.1, 0.15) is 5.76 Å². The second kappa shape index (κ2) is 9.08. The van der Waals surface area contributed by atoms with Crippen LogP contribution in [0.4, 0.5) is 10.6 Å². The van der Waals surface area contributed by atoms with Gasteiger partial charge >= 0.3 is 6.03 Å². The normalized spacial score (nSPS) is 11.0. The first-order valence-electron chi connectivity index (χ1n) is 7.93. The number of nitrogens with one attached hydrogen (secondary N) is 1. The van der Waals surface area contributed by atoms with E-state index in [-0.39, 0.29) is 6.03 Å². The number of carbonyl (C=O) groups is 1. The molecular weight excluding hydrogens is 363 g/mol. The van der Waals surface area contributed by atoms with Crippen LogP contribution in [0.25, 0.3) is 0 Å². The van der Waals surface area contributed by atoms with Gasteiger partial charge in [-0.1, -0.05) is 34.4 Å². The Labute approximate surface area is 157 Å². The standard InChI is InChI=1S/C17H22Cl2N4O2/c1-12-9-16(21-25-12)20-17(24)23(8-4-7-22(2)3)11-13-5-6-14(18)15(19)10-13/h5-6,9-10H,4,7-8,11H2,1-3H3,(H,20,21,24). The summed E-state index contributed by atoms with van der Waals surface area (Å²) < 4.78 is 4.98. The summed E-state index contributed by atoms with van der Waals surface area (Å²) in [5.74, 6) is 1.04. The van der Waals surface area contributed by atoms with Crippen LogP contribution in [0.15, 0.2) is 28.8 Å². The predicted molar refractivity (Wildman–Crippen MR) is 100 cm³/mol. The molecule has 1 heterocycles. The Morgan fingerprint density at radius 3 is 2.56 bits per heavy atom. The highest BCUT2D eigenvalue weighted by Crippen LogP contribution is 2.23. The van der Waals surface area contributed by atoms with Crippen LogP contribution in [0, 0.1) is 6.92 Å². The van der Waals surface area contributed by atoms with Crippen LogP contribution in [0.3, 0.4) is 0 Å². The van der Waals surface area contributed by atoms with Crippen molar-refractivity contribution in [3.63, 3.8) is 0 Å². The molecule has 0 atom stereocenters. The summed E-state index contributed by atoms with van der Waals surface area (Å²) in [5.41, 5.74) is 0.908. The minimum absolute atomic E-state index is 0.238. The summed E-state index contributed by atoms with van der Waals surface area (Å²) in [6.07, 6.45) is 0.847. The van der Waals surface area contributed by atoms with E-state index < -0.39 is 0 Å². The van der Waals surface area contributed by atoms with Gasteiger partial charge in [0, 0.05) is 19.2 Å². The molecule has 0 radical (unpaired) electrons. The molecule has 2 aromatic rings. The van der Waals surface area contributed by atoms with Crippen molar-refractivity contribution in [1.82, 2.24) is 15.0 Å². The summed E-state index contributed by atoms with van der Waals surface area (Å²) >= 11 is 12.0. The van der Waals surface area contributed by atoms with E-state index in [9.17, 15) is 4.79 Å². The Balaban J connectivity index is 2.07. The second-order valence-corrected chi connectivity index (χ2v) is 6.89. The molecule has 2 amide bonds. The van der Waals surface area contributed by atoms with E-state index in [1.54, 1.807) is 30.0 Å². The zero-order valence-electron chi connectivity index (χ0n) is 14.6. The van der Waals surface area contributed by atoms with E-state index in [0.717, 1.165) is 18.5 Å².